The Hall–Kier alpha value is -1.22. The summed E-state index contributed by atoms with van der Waals surface area (Å²) in [6, 6.07) is 7.81. The predicted octanol–water partition coefficient (Wildman–Crippen LogP) is 2.02. The van der Waals surface area contributed by atoms with Gasteiger partial charge in [-0.3, -0.25) is 0 Å². The lowest BCUT2D eigenvalue weighted by molar-refractivity contribution is 0.144. The maximum absolute atomic E-state index is 9.36. The van der Waals surface area contributed by atoms with Crippen LogP contribution in [-0.4, -0.2) is 24.4 Å². The van der Waals surface area contributed by atoms with Crippen molar-refractivity contribution in [3.05, 3.63) is 24.3 Å². The van der Waals surface area contributed by atoms with Crippen LogP contribution in [0.3, 0.4) is 0 Å². The van der Waals surface area contributed by atoms with Crippen LogP contribution in [0.1, 0.15) is 19.3 Å². The van der Waals surface area contributed by atoms with Crippen LogP contribution in [0.15, 0.2) is 24.3 Å². The van der Waals surface area contributed by atoms with E-state index in [2.05, 4.69) is 5.32 Å². The Balaban J connectivity index is 2.15. The van der Waals surface area contributed by atoms with E-state index in [9.17, 15) is 5.11 Å². The van der Waals surface area contributed by atoms with E-state index in [1.807, 2.05) is 24.3 Å². The molecule has 0 bridgehead atoms. The minimum atomic E-state index is -0.116. The summed E-state index contributed by atoms with van der Waals surface area (Å²) in [6.07, 6.45) is 3.24. The number of aliphatic hydroxyl groups excluding tert-OH is 1. The molecule has 1 aromatic carbocycles. The van der Waals surface area contributed by atoms with Crippen LogP contribution in [0.25, 0.3) is 0 Å². The van der Waals surface area contributed by atoms with E-state index in [1.54, 1.807) is 7.11 Å². The summed E-state index contributed by atoms with van der Waals surface area (Å²) in [5.74, 6) is 0.831. The van der Waals surface area contributed by atoms with Crippen LogP contribution in [0.2, 0.25) is 0 Å². The van der Waals surface area contributed by atoms with Crippen molar-refractivity contribution in [2.75, 3.05) is 19.0 Å². The van der Waals surface area contributed by atoms with Gasteiger partial charge in [0.1, 0.15) is 5.75 Å². The van der Waals surface area contributed by atoms with E-state index in [0.717, 1.165) is 24.3 Å². The normalized spacial score (nSPS) is 18.0. The molecule has 1 aliphatic carbocycles. The Morgan fingerprint density at radius 2 is 2.13 bits per heavy atom. The third kappa shape index (κ3) is 1.92. The van der Waals surface area contributed by atoms with Crippen LogP contribution in [0.4, 0.5) is 5.69 Å². The van der Waals surface area contributed by atoms with E-state index in [4.69, 9.17) is 4.74 Å². The number of para-hydroxylation sites is 2. The molecule has 1 aromatic rings. The highest BCUT2D eigenvalue weighted by Gasteiger charge is 2.36. The summed E-state index contributed by atoms with van der Waals surface area (Å²) in [5.41, 5.74) is 0.850. The Bertz CT molecular complexity index is 329. The lowest BCUT2D eigenvalue weighted by atomic mass is 9.77. The zero-order chi connectivity index (χ0) is 10.7. The summed E-state index contributed by atoms with van der Waals surface area (Å²) in [4.78, 5) is 0. The Morgan fingerprint density at radius 3 is 2.67 bits per heavy atom. The second kappa shape index (κ2) is 4.11. The number of hydrogen-bond donors (Lipinski definition) is 2. The molecule has 0 heterocycles. The maximum Gasteiger partial charge on any atom is 0.141 e. The molecule has 0 spiro atoms. The predicted molar refractivity (Wildman–Crippen MR) is 60.3 cm³/mol. The van der Waals surface area contributed by atoms with Gasteiger partial charge in [-0.1, -0.05) is 12.1 Å². The minimum Gasteiger partial charge on any atom is -0.495 e. The summed E-state index contributed by atoms with van der Waals surface area (Å²) < 4.78 is 5.26. The van der Waals surface area contributed by atoms with Crippen molar-refractivity contribution < 1.29 is 9.84 Å². The first-order chi connectivity index (χ1) is 7.29. The summed E-state index contributed by atoms with van der Waals surface area (Å²) >= 11 is 0. The first-order valence-electron chi connectivity index (χ1n) is 5.32. The van der Waals surface area contributed by atoms with Crippen molar-refractivity contribution in [1.82, 2.24) is 0 Å². The molecule has 0 aromatic heterocycles. The van der Waals surface area contributed by atoms with Crippen molar-refractivity contribution in [3.63, 3.8) is 0 Å². The molecular formula is C12H17NO2. The van der Waals surface area contributed by atoms with Crippen LogP contribution >= 0.6 is 0 Å². The Morgan fingerprint density at radius 1 is 1.40 bits per heavy atom. The maximum atomic E-state index is 9.36. The number of nitrogens with one attached hydrogen (secondary N) is 1. The number of aliphatic hydroxyl groups is 1. The molecule has 3 heteroatoms. The molecule has 15 heavy (non-hydrogen) atoms. The highest BCUT2D eigenvalue weighted by molar-refractivity contribution is 5.58. The van der Waals surface area contributed by atoms with E-state index < -0.39 is 0 Å². The monoisotopic (exact) mass is 207 g/mol. The molecule has 82 valence electrons. The summed E-state index contributed by atoms with van der Waals surface area (Å²) in [6.45, 7) is 0.186. The molecule has 0 atom stereocenters. The number of anilines is 1. The van der Waals surface area contributed by atoms with Crippen LogP contribution in [-0.2, 0) is 0 Å². The Labute approximate surface area is 90.1 Å². The average Bonchev–Trinajstić information content (AvgIpc) is 2.24. The molecule has 2 N–H and O–H groups in total. The van der Waals surface area contributed by atoms with Gasteiger partial charge in [-0.05, 0) is 31.4 Å². The van der Waals surface area contributed by atoms with Gasteiger partial charge >= 0.3 is 0 Å². The van der Waals surface area contributed by atoms with Crippen molar-refractivity contribution >= 4 is 5.69 Å². The van der Waals surface area contributed by atoms with Gasteiger partial charge in [0.15, 0.2) is 0 Å². The summed E-state index contributed by atoms with van der Waals surface area (Å²) in [5, 5.41) is 12.7. The van der Waals surface area contributed by atoms with E-state index >= 15 is 0 Å². The van der Waals surface area contributed by atoms with Crippen molar-refractivity contribution in [2.45, 2.75) is 24.8 Å². The largest absolute Gasteiger partial charge is 0.495 e. The van der Waals surface area contributed by atoms with Crippen molar-refractivity contribution in [3.8, 4) is 5.75 Å². The average molecular weight is 207 g/mol. The fraction of sp³-hybridized carbons (Fsp3) is 0.500. The number of methoxy groups -OCH3 is 1. The van der Waals surface area contributed by atoms with Gasteiger partial charge in [-0.2, -0.15) is 0 Å². The second-order valence-corrected chi connectivity index (χ2v) is 4.12. The standard InChI is InChI=1S/C12H17NO2/c1-15-11-6-3-2-5-10(11)13-12(9-14)7-4-8-12/h2-3,5-6,13-14H,4,7-9H2,1H3. The second-order valence-electron chi connectivity index (χ2n) is 4.12. The zero-order valence-corrected chi connectivity index (χ0v) is 8.99. The van der Waals surface area contributed by atoms with E-state index in [0.29, 0.717) is 0 Å². The smallest absolute Gasteiger partial charge is 0.141 e. The Kier molecular flexibility index (Phi) is 2.82. The highest BCUT2D eigenvalue weighted by Crippen LogP contribution is 2.37. The van der Waals surface area contributed by atoms with Gasteiger partial charge in [-0.15, -0.1) is 0 Å². The molecule has 1 fully saturated rings. The SMILES string of the molecule is COc1ccccc1NC1(CO)CCC1. The van der Waals surface area contributed by atoms with E-state index in [1.165, 1.54) is 6.42 Å². The van der Waals surface area contributed by atoms with Crippen LogP contribution < -0.4 is 10.1 Å². The third-order valence-electron chi connectivity index (χ3n) is 3.12. The lowest BCUT2D eigenvalue weighted by Gasteiger charge is -2.42. The first-order valence-corrected chi connectivity index (χ1v) is 5.32. The van der Waals surface area contributed by atoms with E-state index in [-0.39, 0.29) is 12.1 Å². The highest BCUT2D eigenvalue weighted by atomic mass is 16.5. The lowest BCUT2D eigenvalue weighted by Crippen LogP contribution is -2.48. The van der Waals surface area contributed by atoms with Crippen LogP contribution in [0, 0.1) is 0 Å². The molecule has 1 saturated carbocycles. The number of ether oxygens (including phenoxy) is 1. The van der Waals surface area contributed by atoms with Crippen LogP contribution in [0.5, 0.6) is 5.75 Å². The van der Waals surface area contributed by atoms with Gasteiger partial charge < -0.3 is 15.2 Å². The minimum absolute atomic E-state index is 0.116. The van der Waals surface area contributed by atoms with Gasteiger partial charge in [0.05, 0.1) is 24.9 Å². The van der Waals surface area contributed by atoms with Gasteiger partial charge in [-0.25, -0.2) is 0 Å². The fourth-order valence-corrected chi connectivity index (χ4v) is 1.96. The van der Waals surface area contributed by atoms with Crippen molar-refractivity contribution in [1.29, 1.82) is 0 Å². The fourth-order valence-electron chi connectivity index (χ4n) is 1.96. The number of hydrogen-bond acceptors (Lipinski definition) is 3. The molecule has 3 nitrogen and oxygen atoms in total. The molecule has 1 aliphatic rings. The number of rotatable bonds is 4. The summed E-state index contributed by atoms with van der Waals surface area (Å²) in [7, 11) is 1.66. The molecule has 0 amide bonds. The molecule has 0 radical (unpaired) electrons. The van der Waals surface area contributed by atoms with Crippen molar-refractivity contribution in [2.24, 2.45) is 0 Å². The molecule has 0 unspecified atom stereocenters. The zero-order valence-electron chi connectivity index (χ0n) is 8.99. The topological polar surface area (TPSA) is 41.5 Å². The molecule has 0 saturated heterocycles. The molecule has 0 aliphatic heterocycles. The molecule has 2 rings (SSSR count). The van der Waals surface area contributed by atoms with Gasteiger partial charge in [0, 0.05) is 0 Å². The first kappa shape index (κ1) is 10.3. The van der Waals surface area contributed by atoms with Gasteiger partial charge in [0.25, 0.3) is 0 Å². The quantitative estimate of drug-likeness (QED) is 0.793. The van der Waals surface area contributed by atoms with Gasteiger partial charge in [0.2, 0.25) is 0 Å². The molecular weight excluding hydrogens is 190 g/mol. The number of benzene rings is 1. The third-order valence-corrected chi connectivity index (χ3v) is 3.12.